The molecule has 0 radical (unpaired) electrons. The Kier molecular flexibility index (Phi) is 8.73. The van der Waals surface area contributed by atoms with Crippen molar-refractivity contribution in [2.45, 2.75) is 70.8 Å². The lowest BCUT2D eigenvalue weighted by molar-refractivity contribution is -0.130. The molecule has 8 heteroatoms. The zero-order valence-electron chi connectivity index (χ0n) is 24.8. The highest BCUT2D eigenvalue weighted by molar-refractivity contribution is 5.72. The number of carbonyl (C=O) groups is 1. The number of hydrogen-bond acceptors (Lipinski definition) is 5. The quantitative estimate of drug-likeness (QED) is 0.284. The van der Waals surface area contributed by atoms with E-state index in [1.807, 2.05) is 36.4 Å². The number of nitrogens with zero attached hydrogens (tertiary/aromatic N) is 1. The number of anilines is 1. The lowest BCUT2D eigenvalue weighted by Gasteiger charge is -2.38. The van der Waals surface area contributed by atoms with E-state index in [0.29, 0.717) is 17.7 Å². The minimum Gasteiger partial charge on any atom is -0.489 e. The number of alkyl halides is 1. The molecule has 2 unspecified atom stereocenters. The van der Waals surface area contributed by atoms with E-state index < -0.39 is 30.2 Å². The third-order valence-corrected chi connectivity index (χ3v) is 7.93. The molecule has 6 nitrogen and oxygen atoms in total. The van der Waals surface area contributed by atoms with Gasteiger partial charge in [0.25, 0.3) is 0 Å². The van der Waals surface area contributed by atoms with Crippen molar-refractivity contribution >= 4 is 11.8 Å². The molecule has 2 aliphatic heterocycles. The molecule has 224 valence electrons. The predicted octanol–water partition coefficient (Wildman–Crippen LogP) is 7.54. The Morgan fingerprint density at radius 2 is 1.90 bits per heavy atom. The first-order valence-electron chi connectivity index (χ1n) is 14.7. The fourth-order valence-electron chi connectivity index (χ4n) is 5.66. The zero-order valence-corrected chi connectivity index (χ0v) is 24.8. The molecule has 3 aromatic carbocycles. The van der Waals surface area contributed by atoms with E-state index in [1.54, 1.807) is 32.9 Å². The Morgan fingerprint density at radius 1 is 1.12 bits per heavy atom. The maximum atomic E-state index is 16.1. The number of aryl methyl sites for hydroxylation is 1. The van der Waals surface area contributed by atoms with Gasteiger partial charge in [0.1, 0.15) is 30.4 Å². The fourth-order valence-corrected chi connectivity index (χ4v) is 5.66. The van der Waals surface area contributed by atoms with Crippen LogP contribution in [-0.2, 0) is 22.5 Å². The van der Waals surface area contributed by atoms with Crippen molar-refractivity contribution in [3.05, 3.63) is 83.2 Å². The number of hydrogen-bond donors (Lipinski definition) is 1. The molecule has 2 fully saturated rings. The van der Waals surface area contributed by atoms with Crippen LogP contribution in [0.1, 0.15) is 63.3 Å². The standard InChI is InChI=1S/C34H40F2N2O4/c1-5-24-9-6-7-12-30(24)40-21-23-17-25(19-26(18-23)38-15-13-34(22-38)14-16-41-34)27-10-8-11-28(31(27)36)29(20-35)37-32(39)42-33(2,3)4/h6-12,17-19,29H,5,13-16,20-22H2,1-4H3,(H,37,39). The second-order valence-electron chi connectivity index (χ2n) is 12.2. The Labute approximate surface area is 247 Å². The predicted molar refractivity (Wildman–Crippen MR) is 160 cm³/mol. The number of halogens is 2. The van der Waals surface area contributed by atoms with Crippen molar-refractivity contribution in [2.75, 3.05) is 31.3 Å². The summed E-state index contributed by atoms with van der Waals surface area (Å²) in [7, 11) is 0. The third-order valence-electron chi connectivity index (χ3n) is 7.93. The monoisotopic (exact) mass is 578 g/mol. The smallest absolute Gasteiger partial charge is 0.408 e. The normalized spacial score (nSPS) is 19.0. The molecular formula is C34H40F2N2O4. The summed E-state index contributed by atoms with van der Waals surface area (Å²) >= 11 is 0. The van der Waals surface area contributed by atoms with E-state index in [1.165, 1.54) is 6.07 Å². The number of carbonyl (C=O) groups excluding carboxylic acids is 1. The first-order valence-corrected chi connectivity index (χ1v) is 14.7. The van der Waals surface area contributed by atoms with Crippen molar-refractivity contribution in [1.29, 1.82) is 0 Å². The van der Waals surface area contributed by atoms with E-state index in [9.17, 15) is 9.18 Å². The summed E-state index contributed by atoms with van der Waals surface area (Å²) in [5.74, 6) is 0.235. The average Bonchev–Trinajstić information content (AvgIpc) is 3.41. The summed E-state index contributed by atoms with van der Waals surface area (Å²) in [5, 5.41) is 2.48. The maximum absolute atomic E-state index is 16.1. The summed E-state index contributed by atoms with van der Waals surface area (Å²) in [6, 6.07) is 17.6. The SMILES string of the molecule is CCc1ccccc1OCc1cc(-c2cccc(C(CF)NC(=O)OC(C)(C)C)c2F)cc(N2CCC3(CCO3)C2)c1. The van der Waals surface area contributed by atoms with Gasteiger partial charge in [-0.1, -0.05) is 43.3 Å². The zero-order chi connectivity index (χ0) is 29.9. The van der Waals surface area contributed by atoms with Crippen molar-refractivity contribution in [3.63, 3.8) is 0 Å². The lowest BCUT2D eigenvalue weighted by atomic mass is 9.94. The van der Waals surface area contributed by atoms with E-state index in [-0.39, 0.29) is 11.2 Å². The molecule has 1 N–H and O–H groups in total. The summed E-state index contributed by atoms with van der Waals surface area (Å²) in [6.07, 6.45) is 2.04. The van der Waals surface area contributed by atoms with Crippen LogP contribution in [0.15, 0.2) is 60.7 Å². The number of amides is 1. The summed E-state index contributed by atoms with van der Waals surface area (Å²) in [5.41, 5.74) is 3.14. The highest BCUT2D eigenvalue weighted by Crippen LogP contribution is 2.40. The lowest BCUT2D eigenvalue weighted by Crippen LogP contribution is -2.45. The molecule has 0 aliphatic carbocycles. The first-order chi connectivity index (χ1) is 20.1. The largest absolute Gasteiger partial charge is 0.489 e. The molecular weight excluding hydrogens is 538 g/mol. The van der Waals surface area contributed by atoms with Gasteiger partial charge in [0.15, 0.2) is 0 Å². The number of rotatable bonds is 9. The number of alkyl carbamates (subject to hydrolysis) is 1. The molecule has 1 amide bonds. The summed E-state index contributed by atoms with van der Waals surface area (Å²) < 4.78 is 47.7. The van der Waals surface area contributed by atoms with Gasteiger partial charge >= 0.3 is 6.09 Å². The molecule has 42 heavy (non-hydrogen) atoms. The minimum atomic E-state index is -1.19. The Bertz CT molecular complexity index is 1420. The molecule has 0 bridgehead atoms. The van der Waals surface area contributed by atoms with Crippen molar-refractivity contribution < 1.29 is 27.8 Å². The second-order valence-corrected chi connectivity index (χ2v) is 12.2. The van der Waals surface area contributed by atoms with E-state index in [2.05, 4.69) is 23.2 Å². The van der Waals surface area contributed by atoms with Crippen LogP contribution in [-0.4, -0.2) is 43.7 Å². The van der Waals surface area contributed by atoms with Crippen LogP contribution in [0.25, 0.3) is 11.1 Å². The van der Waals surface area contributed by atoms with Crippen molar-refractivity contribution in [1.82, 2.24) is 5.32 Å². The summed E-state index contributed by atoms with van der Waals surface area (Å²) in [6.45, 7) is 8.97. The highest BCUT2D eigenvalue weighted by atomic mass is 19.1. The number of para-hydroxylation sites is 1. The molecule has 2 saturated heterocycles. The Morgan fingerprint density at radius 3 is 2.57 bits per heavy atom. The van der Waals surface area contributed by atoms with E-state index in [4.69, 9.17) is 14.2 Å². The van der Waals surface area contributed by atoms with Crippen LogP contribution >= 0.6 is 0 Å². The van der Waals surface area contributed by atoms with Gasteiger partial charge < -0.3 is 24.4 Å². The molecule has 2 aliphatic rings. The molecule has 0 aromatic heterocycles. The number of ether oxygens (including phenoxy) is 3. The van der Waals surface area contributed by atoms with E-state index in [0.717, 1.165) is 61.5 Å². The van der Waals surface area contributed by atoms with Gasteiger partial charge in [0, 0.05) is 36.3 Å². The van der Waals surface area contributed by atoms with Crippen molar-refractivity contribution in [3.8, 4) is 16.9 Å². The van der Waals surface area contributed by atoms with Crippen LogP contribution < -0.4 is 15.0 Å². The molecule has 3 aromatic rings. The van der Waals surface area contributed by atoms with E-state index >= 15 is 4.39 Å². The second kappa shape index (κ2) is 12.3. The summed E-state index contributed by atoms with van der Waals surface area (Å²) in [4.78, 5) is 14.6. The molecule has 2 heterocycles. The van der Waals surface area contributed by atoms with Crippen LogP contribution in [0.2, 0.25) is 0 Å². The number of nitrogens with one attached hydrogen (secondary N) is 1. The van der Waals surface area contributed by atoms with Crippen LogP contribution in [0, 0.1) is 5.82 Å². The minimum absolute atomic E-state index is 0.0592. The molecule has 2 atom stereocenters. The topological polar surface area (TPSA) is 60.0 Å². The van der Waals surface area contributed by atoms with Gasteiger partial charge in [-0.2, -0.15) is 0 Å². The maximum Gasteiger partial charge on any atom is 0.408 e. The van der Waals surface area contributed by atoms with Gasteiger partial charge in [-0.15, -0.1) is 0 Å². The van der Waals surface area contributed by atoms with Gasteiger partial charge in [-0.25, -0.2) is 13.6 Å². The third kappa shape index (κ3) is 6.70. The highest BCUT2D eigenvalue weighted by Gasteiger charge is 2.44. The van der Waals surface area contributed by atoms with Gasteiger partial charge in [-0.05, 0) is 74.6 Å². The van der Waals surface area contributed by atoms with Gasteiger partial charge in [0.2, 0.25) is 0 Å². The average molecular weight is 579 g/mol. The molecule has 5 rings (SSSR count). The Balaban J connectivity index is 1.47. The van der Waals surface area contributed by atoms with Crippen LogP contribution in [0.4, 0.5) is 19.3 Å². The first kappa shape index (κ1) is 29.8. The fraction of sp³-hybridized carbons (Fsp3) is 0.441. The Hall–Kier alpha value is -3.65. The van der Waals surface area contributed by atoms with Gasteiger partial charge in [-0.3, -0.25) is 0 Å². The van der Waals surface area contributed by atoms with Crippen molar-refractivity contribution in [2.24, 2.45) is 0 Å². The number of benzene rings is 3. The van der Waals surface area contributed by atoms with Crippen LogP contribution in [0.3, 0.4) is 0 Å². The van der Waals surface area contributed by atoms with Gasteiger partial charge in [0.05, 0.1) is 18.2 Å². The molecule has 0 saturated carbocycles. The van der Waals surface area contributed by atoms with Crippen LogP contribution in [0.5, 0.6) is 5.75 Å². The molecule has 1 spiro atoms.